The van der Waals surface area contributed by atoms with Crippen LogP contribution in [-0.2, 0) is 9.63 Å². The summed E-state index contributed by atoms with van der Waals surface area (Å²) in [5.74, 6) is -0.526. The number of nitrogens with zero attached hydrogens (tertiary/aromatic N) is 1. The van der Waals surface area contributed by atoms with E-state index < -0.39 is 0 Å². The molecular weight excluding hydrogens is 209 g/mol. The van der Waals surface area contributed by atoms with E-state index in [-0.39, 0.29) is 11.7 Å². The minimum atomic E-state index is -0.296. The van der Waals surface area contributed by atoms with Gasteiger partial charge >= 0.3 is 0 Å². The smallest absolute Gasteiger partial charge is 0.272 e. The molecule has 0 unspecified atom stereocenters. The fourth-order valence-electron chi connectivity index (χ4n) is 1.20. The summed E-state index contributed by atoms with van der Waals surface area (Å²) >= 11 is 0. The van der Waals surface area contributed by atoms with Crippen molar-refractivity contribution in [3.8, 4) is 0 Å². The molecule has 0 fully saturated rings. The van der Waals surface area contributed by atoms with E-state index in [1.54, 1.807) is 25.1 Å². The molecule has 3 nitrogen and oxygen atoms in total. The Kier molecular flexibility index (Phi) is 4.19. The van der Waals surface area contributed by atoms with Crippen LogP contribution in [0.2, 0.25) is 0 Å². The van der Waals surface area contributed by atoms with Gasteiger partial charge in [0.1, 0.15) is 5.82 Å². The van der Waals surface area contributed by atoms with Crippen LogP contribution in [-0.4, -0.2) is 25.1 Å². The molecule has 1 rings (SSSR count). The van der Waals surface area contributed by atoms with E-state index >= 15 is 0 Å². The second kappa shape index (κ2) is 5.42. The van der Waals surface area contributed by atoms with Crippen molar-refractivity contribution in [3.63, 3.8) is 0 Å². The summed E-state index contributed by atoms with van der Waals surface area (Å²) in [6.45, 7) is 1.68. The van der Waals surface area contributed by atoms with Crippen LogP contribution in [0.4, 0.5) is 4.39 Å². The van der Waals surface area contributed by atoms with E-state index in [2.05, 4.69) is 0 Å². The van der Waals surface area contributed by atoms with Crippen molar-refractivity contribution in [1.82, 2.24) is 5.06 Å². The van der Waals surface area contributed by atoms with Crippen LogP contribution in [0.15, 0.2) is 29.8 Å². The van der Waals surface area contributed by atoms with Crippen molar-refractivity contribution in [1.29, 1.82) is 0 Å². The molecule has 0 radical (unpaired) electrons. The van der Waals surface area contributed by atoms with Crippen molar-refractivity contribution in [2.45, 2.75) is 6.92 Å². The summed E-state index contributed by atoms with van der Waals surface area (Å²) in [6, 6.07) is 5.92. The molecule has 0 saturated carbocycles. The maximum atomic E-state index is 12.6. The topological polar surface area (TPSA) is 29.5 Å². The Balaban J connectivity index is 2.84. The van der Waals surface area contributed by atoms with Gasteiger partial charge in [-0.05, 0) is 30.7 Å². The number of hydrogen-bond donors (Lipinski definition) is 0. The van der Waals surface area contributed by atoms with Crippen molar-refractivity contribution in [3.05, 3.63) is 41.2 Å². The second-order valence-electron chi connectivity index (χ2n) is 3.36. The summed E-state index contributed by atoms with van der Waals surface area (Å²) in [6.07, 6.45) is 1.68. The lowest BCUT2D eigenvalue weighted by atomic mass is 10.1. The molecule has 0 aromatic heterocycles. The maximum Gasteiger partial charge on any atom is 0.272 e. The number of hydroxylamine groups is 2. The Labute approximate surface area is 94.1 Å². The van der Waals surface area contributed by atoms with Crippen LogP contribution in [0.3, 0.4) is 0 Å². The second-order valence-corrected chi connectivity index (χ2v) is 3.36. The predicted octanol–water partition coefficient (Wildman–Crippen LogP) is 2.25. The number of carbonyl (C=O) groups is 1. The van der Waals surface area contributed by atoms with Crippen LogP contribution < -0.4 is 0 Å². The van der Waals surface area contributed by atoms with Gasteiger partial charge in [0, 0.05) is 12.6 Å². The zero-order valence-corrected chi connectivity index (χ0v) is 9.53. The van der Waals surface area contributed by atoms with Crippen molar-refractivity contribution in [2.24, 2.45) is 0 Å². The summed E-state index contributed by atoms with van der Waals surface area (Å²) < 4.78 is 12.6. The summed E-state index contributed by atoms with van der Waals surface area (Å²) in [5.41, 5.74) is 1.30. The lowest BCUT2D eigenvalue weighted by Crippen LogP contribution is -2.25. The zero-order chi connectivity index (χ0) is 12.1. The first-order valence-electron chi connectivity index (χ1n) is 4.80. The van der Waals surface area contributed by atoms with E-state index in [9.17, 15) is 9.18 Å². The number of rotatable bonds is 3. The maximum absolute atomic E-state index is 12.6. The van der Waals surface area contributed by atoms with Gasteiger partial charge in [0.05, 0.1) is 7.11 Å². The van der Waals surface area contributed by atoms with Crippen LogP contribution in [0.5, 0.6) is 0 Å². The highest BCUT2D eigenvalue weighted by atomic mass is 19.1. The summed E-state index contributed by atoms with van der Waals surface area (Å²) in [4.78, 5) is 16.4. The number of amides is 1. The molecule has 86 valence electrons. The predicted molar refractivity (Wildman–Crippen MR) is 59.8 cm³/mol. The third-order valence-corrected chi connectivity index (χ3v) is 2.15. The van der Waals surface area contributed by atoms with Crippen LogP contribution in [0, 0.1) is 5.82 Å². The average Bonchev–Trinajstić information content (AvgIpc) is 2.30. The van der Waals surface area contributed by atoms with Gasteiger partial charge in [0.2, 0.25) is 0 Å². The van der Waals surface area contributed by atoms with Gasteiger partial charge in [-0.1, -0.05) is 12.1 Å². The minimum Gasteiger partial charge on any atom is -0.274 e. The summed E-state index contributed by atoms with van der Waals surface area (Å²) in [5, 5.41) is 1.13. The molecule has 16 heavy (non-hydrogen) atoms. The number of benzene rings is 1. The molecule has 0 aliphatic carbocycles. The Hall–Kier alpha value is -1.68. The Morgan fingerprint density at radius 1 is 1.38 bits per heavy atom. The van der Waals surface area contributed by atoms with Gasteiger partial charge in [-0.3, -0.25) is 9.63 Å². The van der Waals surface area contributed by atoms with E-state index in [0.717, 1.165) is 10.6 Å². The average molecular weight is 223 g/mol. The van der Waals surface area contributed by atoms with Crippen molar-refractivity contribution < 1.29 is 14.0 Å². The van der Waals surface area contributed by atoms with Gasteiger partial charge in [-0.2, -0.15) is 0 Å². The molecule has 1 amide bonds. The number of halogens is 1. The van der Waals surface area contributed by atoms with E-state index in [1.165, 1.54) is 26.3 Å². The Morgan fingerprint density at radius 2 is 1.94 bits per heavy atom. The molecule has 0 aliphatic rings. The Bertz CT molecular complexity index is 398. The SMILES string of the molecule is CON(C)C(=O)/C(C)=C/c1ccc(F)cc1. The molecule has 0 atom stereocenters. The monoisotopic (exact) mass is 223 g/mol. The lowest BCUT2D eigenvalue weighted by Gasteiger charge is -2.13. The minimum absolute atomic E-state index is 0.230. The van der Waals surface area contributed by atoms with Crippen LogP contribution >= 0.6 is 0 Å². The molecule has 1 aromatic carbocycles. The summed E-state index contributed by atoms with van der Waals surface area (Å²) in [7, 11) is 2.95. The largest absolute Gasteiger partial charge is 0.274 e. The molecule has 0 heterocycles. The van der Waals surface area contributed by atoms with E-state index in [1.807, 2.05) is 0 Å². The first-order chi connectivity index (χ1) is 7.54. The number of likely N-dealkylation sites (N-methyl/N-ethyl adjacent to an activating group) is 1. The number of carbonyl (C=O) groups excluding carboxylic acids is 1. The van der Waals surface area contributed by atoms with Crippen LogP contribution in [0.1, 0.15) is 12.5 Å². The highest BCUT2D eigenvalue weighted by Crippen LogP contribution is 2.09. The first-order valence-corrected chi connectivity index (χ1v) is 4.80. The molecule has 1 aromatic rings. The lowest BCUT2D eigenvalue weighted by molar-refractivity contribution is -0.163. The first kappa shape index (κ1) is 12.4. The molecule has 0 bridgehead atoms. The molecule has 0 N–H and O–H groups in total. The molecule has 0 spiro atoms. The van der Waals surface area contributed by atoms with Gasteiger partial charge in [0.15, 0.2) is 0 Å². The molecule has 4 heteroatoms. The van der Waals surface area contributed by atoms with Gasteiger partial charge in [0.25, 0.3) is 5.91 Å². The van der Waals surface area contributed by atoms with Gasteiger partial charge in [-0.15, -0.1) is 0 Å². The molecular formula is C12H14FNO2. The third-order valence-electron chi connectivity index (χ3n) is 2.15. The highest BCUT2D eigenvalue weighted by Gasteiger charge is 2.09. The van der Waals surface area contributed by atoms with E-state index in [4.69, 9.17) is 4.84 Å². The zero-order valence-electron chi connectivity index (χ0n) is 9.53. The fourth-order valence-corrected chi connectivity index (χ4v) is 1.20. The quantitative estimate of drug-likeness (QED) is 0.581. The van der Waals surface area contributed by atoms with Crippen molar-refractivity contribution >= 4 is 12.0 Å². The normalized spacial score (nSPS) is 11.4. The number of hydrogen-bond acceptors (Lipinski definition) is 2. The van der Waals surface area contributed by atoms with Gasteiger partial charge < -0.3 is 0 Å². The standard InChI is InChI=1S/C12H14FNO2/c1-9(12(15)14(2)16-3)8-10-4-6-11(13)7-5-10/h4-8H,1-3H3/b9-8+. The Morgan fingerprint density at radius 3 is 2.44 bits per heavy atom. The van der Waals surface area contributed by atoms with Crippen LogP contribution in [0.25, 0.3) is 6.08 Å². The van der Waals surface area contributed by atoms with E-state index in [0.29, 0.717) is 5.57 Å². The van der Waals surface area contributed by atoms with Crippen molar-refractivity contribution in [2.75, 3.05) is 14.2 Å². The molecule has 0 aliphatic heterocycles. The third kappa shape index (κ3) is 3.17. The fraction of sp³-hybridized carbons (Fsp3) is 0.250. The molecule has 0 saturated heterocycles. The highest BCUT2D eigenvalue weighted by molar-refractivity contribution is 5.96. The van der Waals surface area contributed by atoms with Gasteiger partial charge in [-0.25, -0.2) is 9.45 Å².